The van der Waals surface area contributed by atoms with Gasteiger partial charge in [0.2, 0.25) is 0 Å². The first-order chi connectivity index (χ1) is 7.17. The third-order valence-corrected chi connectivity index (χ3v) is 2.64. The molecule has 0 atom stereocenters. The fourth-order valence-electron chi connectivity index (χ4n) is 1.40. The minimum Gasteiger partial charge on any atom is -0.296 e. The molecule has 0 aliphatic carbocycles. The van der Waals surface area contributed by atoms with Crippen LogP contribution in [0.3, 0.4) is 0 Å². The van der Waals surface area contributed by atoms with Crippen LogP contribution in [0.15, 0.2) is 24.3 Å². The Bertz CT molecular complexity index is 334. The molecule has 2 nitrogen and oxygen atoms in total. The zero-order valence-electron chi connectivity index (χ0n) is 9.16. The maximum absolute atomic E-state index is 11.8. The summed E-state index contributed by atoms with van der Waals surface area (Å²) in [7, 11) is 0. The number of likely N-dealkylation sites (N-methyl/N-ethyl adjacent to an activating group) is 1. The molecule has 0 aliphatic rings. The van der Waals surface area contributed by atoms with Crippen molar-refractivity contribution in [3.8, 4) is 0 Å². The van der Waals surface area contributed by atoms with Crippen LogP contribution in [0, 0.1) is 0 Å². The first kappa shape index (κ1) is 12.2. The van der Waals surface area contributed by atoms with Crippen LogP contribution in [0.2, 0.25) is 5.02 Å². The summed E-state index contributed by atoms with van der Waals surface area (Å²) in [4.78, 5) is 13.9. The lowest BCUT2D eigenvalue weighted by atomic mass is 10.1. The van der Waals surface area contributed by atoms with Crippen LogP contribution in [0.1, 0.15) is 24.2 Å². The molecule has 0 saturated heterocycles. The van der Waals surface area contributed by atoms with Gasteiger partial charge in [-0.25, -0.2) is 0 Å². The van der Waals surface area contributed by atoms with Crippen molar-refractivity contribution in [1.82, 2.24) is 4.90 Å². The molecule has 0 bridgehead atoms. The molecular weight excluding hydrogens is 210 g/mol. The zero-order chi connectivity index (χ0) is 11.3. The van der Waals surface area contributed by atoms with E-state index < -0.39 is 0 Å². The van der Waals surface area contributed by atoms with Gasteiger partial charge in [-0.1, -0.05) is 37.6 Å². The molecule has 0 amide bonds. The molecule has 0 aliphatic heterocycles. The number of carbonyl (C=O) groups is 1. The second-order valence-corrected chi connectivity index (χ2v) is 3.83. The maximum Gasteiger partial charge on any atom is 0.176 e. The molecule has 0 saturated carbocycles. The highest BCUT2D eigenvalue weighted by Gasteiger charge is 2.09. The summed E-state index contributed by atoms with van der Waals surface area (Å²) in [5.74, 6) is 0.126. The van der Waals surface area contributed by atoms with Gasteiger partial charge in [0.1, 0.15) is 0 Å². The number of rotatable bonds is 5. The second-order valence-electron chi connectivity index (χ2n) is 3.39. The van der Waals surface area contributed by atoms with Gasteiger partial charge in [0.15, 0.2) is 5.78 Å². The van der Waals surface area contributed by atoms with Gasteiger partial charge in [-0.15, -0.1) is 0 Å². The van der Waals surface area contributed by atoms with Crippen molar-refractivity contribution in [2.75, 3.05) is 19.6 Å². The largest absolute Gasteiger partial charge is 0.296 e. The normalized spacial score (nSPS) is 10.7. The van der Waals surface area contributed by atoms with E-state index in [0.29, 0.717) is 17.1 Å². The van der Waals surface area contributed by atoms with Crippen molar-refractivity contribution in [1.29, 1.82) is 0 Å². The molecule has 0 spiro atoms. The lowest BCUT2D eigenvalue weighted by molar-refractivity contribution is 0.0937. The average Bonchev–Trinajstić information content (AvgIpc) is 2.25. The van der Waals surface area contributed by atoms with E-state index in [2.05, 4.69) is 18.7 Å². The van der Waals surface area contributed by atoms with Crippen molar-refractivity contribution in [3.05, 3.63) is 34.9 Å². The third kappa shape index (κ3) is 3.65. The fraction of sp³-hybridized carbons (Fsp3) is 0.417. The average molecular weight is 226 g/mol. The summed E-state index contributed by atoms with van der Waals surface area (Å²) in [5.41, 5.74) is 0.689. The highest BCUT2D eigenvalue weighted by molar-refractivity contribution is 6.31. The molecule has 15 heavy (non-hydrogen) atoms. The first-order valence-corrected chi connectivity index (χ1v) is 5.56. The number of benzene rings is 1. The van der Waals surface area contributed by atoms with Crippen LogP contribution in [0.4, 0.5) is 0 Å². The molecule has 1 aromatic rings. The van der Waals surface area contributed by atoms with E-state index in [4.69, 9.17) is 11.6 Å². The quantitative estimate of drug-likeness (QED) is 0.719. The smallest absolute Gasteiger partial charge is 0.176 e. The van der Waals surface area contributed by atoms with Gasteiger partial charge >= 0.3 is 0 Å². The standard InChI is InChI=1S/C12H16ClNO/c1-3-14(4-2)9-12(15)10-6-5-7-11(13)8-10/h5-8H,3-4,9H2,1-2H3. The Balaban J connectivity index is 2.68. The van der Waals surface area contributed by atoms with Crippen LogP contribution in [0.25, 0.3) is 0 Å². The lowest BCUT2D eigenvalue weighted by Crippen LogP contribution is -2.29. The molecule has 1 rings (SSSR count). The molecule has 0 fully saturated rings. The monoisotopic (exact) mass is 225 g/mol. The molecule has 0 radical (unpaired) electrons. The fourth-order valence-corrected chi connectivity index (χ4v) is 1.59. The van der Waals surface area contributed by atoms with E-state index in [1.807, 2.05) is 0 Å². The van der Waals surface area contributed by atoms with Gasteiger partial charge in [0.25, 0.3) is 0 Å². The number of hydrogen-bond acceptors (Lipinski definition) is 2. The van der Waals surface area contributed by atoms with Crippen LogP contribution in [0.5, 0.6) is 0 Å². The second kappa shape index (κ2) is 5.89. The van der Waals surface area contributed by atoms with Crippen LogP contribution < -0.4 is 0 Å². The molecule has 3 heteroatoms. The summed E-state index contributed by atoms with van der Waals surface area (Å²) in [5, 5.41) is 0.611. The number of ketones is 1. The highest BCUT2D eigenvalue weighted by Crippen LogP contribution is 2.11. The van der Waals surface area contributed by atoms with E-state index in [0.717, 1.165) is 13.1 Å². The van der Waals surface area contributed by atoms with Crippen LogP contribution in [-0.4, -0.2) is 30.3 Å². The Hall–Kier alpha value is -0.860. The predicted octanol–water partition coefficient (Wildman–Crippen LogP) is 2.86. The summed E-state index contributed by atoms with van der Waals surface area (Å²) in [6, 6.07) is 7.10. The summed E-state index contributed by atoms with van der Waals surface area (Å²) in [6.45, 7) is 6.35. The Morgan fingerprint density at radius 3 is 2.53 bits per heavy atom. The third-order valence-electron chi connectivity index (χ3n) is 2.41. The van der Waals surface area contributed by atoms with Crippen molar-refractivity contribution >= 4 is 17.4 Å². The number of nitrogens with zero attached hydrogens (tertiary/aromatic N) is 1. The SMILES string of the molecule is CCN(CC)CC(=O)c1cccc(Cl)c1. The number of Topliss-reactive ketones (excluding diaryl/α,β-unsaturated/α-hetero) is 1. The van der Waals surface area contributed by atoms with Crippen molar-refractivity contribution in [3.63, 3.8) is 0 Å². The van der Waals surface area contributed by atoms with Crippen LogP contribution >= 0.6 is 11.6 Å². The minimum atomic E-state index is 0.126. The summed E-state index contributed by atoms with van der Waals surface area (Å²) in [6.07, 6.45) is 0. The molecule has 0 N–H and O–H groups in total. The van der Waals surface area contributed by atoms with Crippen molar-refractivity contribution < 1.29 is 4.79 Å². The highest BCUT2D eigenvalue weighted by atomic mass is 35.5. The Kier molecular flexibility index (Phi) is 4.79. The van der Waals surface area contributed by atoms with Gasteiger partial charge in [0.05, 0.1) is 6.54 Å². The van der Waals surface area contributed by atoms with Gasteiger partial charge in [0, 0.05) is 10.6 Å². The molecule has 0 aromatic heterocycles. The van der Waals surface area contributed by atoms with E-state index in [-0.39, 0.29) is 5.78 Å². The Morgan fingerprint density at radius 2 is 2.00 bits per heavy atom. The van der Waals surface area contributed by atoms with Crippen LogP contribution in [-0.2, 0) is 0 Å². The topological polar surface area (TPSA) is 20.3 Å². The molecule has 1 aromatic carbocycles. The Labute approximate surface area is 95.8 Å². The maximum atomic E-state index is 11.8. The van der Waals surface area contributed by atoms with E-state index in [9.17, 15) is 4.79 Å². The first-order valence-electron chi connectivity index (χ1n) is 5.18. The number of halogens is 1. The van der Waals surface area contributed by atoms with E-state index in [1.165, 1.54) is 0 Å². The molecule has 82 valence electrons. The molecule has 0 unspecified atom stereocenters. The van der Waals surface area contributed by atoms with E-state index in [1.54, 1.807) is 24.3 Å². The van der Waals surface area contributed by atoms with Gasteiger partial charge in [-0.2, -0.15) is 0 Å². The van der Waals surface area contributed by atoms with Gasteiger partial charge in [-0.05, 0) is 25.2 Å². The molecule has 0 heterocycles. The van der Waals surface area contributed by atoms with E-state index >= 15 is 0 Å². The predicted molar refractivity (Wildman–Crippen MR) is 63.6 cm³/mol. The number of carbonyl (C=O) groups excluding carboxylic acids is 1. The Morgan fingerprint density at radius 1 is 1.33 bits per heavy atom. The van der Waals surface area contributed by atoms with Gasteiger partial charge in [-0.3, -0.25) is 9.69 Å². The zero-order valence-corrected chi connectivity index (χ0v) is 9.92. The summed E-state index contributed by atoms with van der Waals surface area (Å²) >= 11 is 5.83. The lowest BCUT2D eigenvalue weighted by Gasteiger charge is -2.16. The minimum absolute atomic E-state index is 0.126. The molecular formula is C12H16ClNO. The van der Waals surface area contributed by atoms with Crippen molar-refractivity contribution in [2.24, 2.45) is 0 Å². The van der Waals surface area contributed by atoms with Gasteiger partial charge < -0.3 is 0 Å². The van der Waals surface area contributed by atoms with Crippen molar-refractivity contribution in [2.45, 2.75) is 13.8 Å². The number of hydrogen-bond donors (Lipinski definition) is 0. The summed E-state index contributed by atoms with van der Waals surface area (Å²) < 4.78 is 0.